The van der Waals surface area contributed by atoms with Crippen molar-refractivity contribution in [1.29, 1.82) is 0 Å². The van der Waals surface area contributed by atoms with Crippen molar-refractivity contribution in [2.45, 2.75) is 11.1 Å². The third kappa shape index (κ3) is 3.09. The number of sulfonamides is 1. The van der Waals surface area contributed by atoms with Crippen molar-refractivity contribution in [2.24, 2.45) is 0 Å². The molecule has 0 atom stereocenters. The summed E-state index contributed by atoms with van der Waals surface area (Å²) < 4.78 is 26.2. The molecule has 0 aliphatic carbocycles. The van der Waals surface area contributed by atoms with Crippen molar-refractivity contribution in [3.05, 3.63) is 50.3 Å². The van der Waals surface area contributed by atoms with E-state index >= 15 is 0 Å². The molecule has 1 aromatic heterocycles. The smallest absolute Gasteiger partial charge is 0.279 e. The van der Waals surface area contributed by atoms with Crippen LogP contribution in [0.4, 0.5) is 11.4 Å². The number of nitrogens with one attached hydrogen (secondary N) is 1. The standard InChI is InChI=1S/C11H9ClN2O4S2/c1-7-3-2-4-8(5-7)13-20(17,18)10-6-9(14(15)16)11(12)19-10/h2-6,13H,1H3. The molecule has 2 aromatic rings. The Kier molecular flexibility index (Phi) is 3.98. The molecule has 2 rings (SSSR count). The summed E-state index contributed by atoms with van der Waals surface area (Å²) in [7, 11) is -3.89. The van der Waals surface area contributed by atoms with Crippen molar-refractivity contribution in [2.75, 3.05) is 4.72 Å². The fraction of sp³-hybridized carbons (Fsp3) is 0.0909. The Hall–Kier alpha value is -1.64. The quantitative estimate of drug-likeness (QED) is 0.686. The zero-order valence-corrected chi connectivity index (χ0v) is 12.6. The maximum atomic E-state index is 12.1. The number of thiophene rings is 1. The molecule has 6 nitrogen and oxygen atoms in total. The Balaban J connectivity index is 2.36. The van der Waals surface area contributed by atoms with E-state index < -0.39 is 20.6 Å². The minimum atomic E-state index is -3.89. The Morgan fingerprint density at radius 1 is 1.35 bits per heavy atom. The molecular weight excluding hydrogens is 324 g/mol. The molecule has 0 bridgehead atoms. The van der Waals surface area contributed by atoms with Crippen LogP contribution in [0.25, 0.3) is 0 Å². The number of nitro groups is 1. The Bertz CT molecular complexity index is 770. The van der Waals surface area contributed by atoms with Gasteiger partial charge in [-0.05, 0) is 24.6 Å². The molecule has 0 saturated carbocycles. The summed E-state index contributed by atoms with van der Waals surface area (Å²) >= 11 is 6.31. The minimum absolute atomic E-state index is 0.167. The van der Waals surface area contributed by atoms with Crippen molar-refractivity contribution in [3.63, 3.8) is 0 Å². The summed E-state index contributed by atoms with van der Waals surface area (Å²) in [6.07, 6.45) is 0. The van der Waals surface area contributed by atoms with E-state index in [0.29, 0.717) is 17.0 Å². The molecule has 1 heterocycles. The second-order valence-electron chi connectivity index (χ2n) is 3.96. The van der Waals surface area contributed by atoms with E-state index in [4.69, 9.17) is 11.6 Å². The number of hydrogen-bond donors (Lipinski definition) is 1. The van der Waals surface area contributed by atoms with E-state index in [1.54, 1.807) is 18.2 Å². The number of hydrogen-bond acceptors (Lipinski definition) is 5. The average Bonchev–Trinajstić information content (AvgIpc) is 2.71. The van der Waals surface area contributed by atoms with Gasteiger partial charge in [0, 0.05) is 11.8 Å². The highest BCUT2D eigenvalue weighted by molar-refractivity contribution is 7.94. The lowest BCUT2D eigenvalue weighted by Crippen LogP contribution is -2.11. The molecule has 20 heavy (non-hydrogen) atoms. The van der Waals surface area contributed by atoms with Crippen LogP contribution in [0.3, 0.4) is 0 Å². The van der Waals surface area contributed by atoms with Crippen molar-refractivity contribution in [3.8, 4) is 0 Å². The molecular formula is C11H9ClN2O4S2. The fourth-order valence-electron chi connectivity index (χ4n) is 1.51. The lowest BCUT2D eigenvalue weighted by Gasteiger charge is -2.06. The number of nitrogens with zero attached hydrogens (tertiary/aromatic N) is 1. The van der Waals surface area contributed by atoms with E-state index in [2.05, 4.69) is 4.72 Å². The van der Waals surface area contributed by atoms with E-state index in [0.717, 1.165) is 11.6 Å². The summed E-state index contributed by atoms with van der Waals surface area (Å²) in [6.45, 7) is 1.82. The van der Waals surface area contributed by atoms with Gasteiger partial charge in [0.15, 0.2) is 4.34 Å². The zero-order chi connectivity index (χ0) is 14.9. The van der Waals surface area contributed by atoms with Gasteiger partial charge in [-0.15, -0.1) is 11.3 Å². The van der Waals surface area contributed by atoms with Gasteiger partial charge in [0.1, 0.15) is 4.21 Å². The first-order valence-corrected chi connectivity index (χ1v) is 8.00. The normalized spacial score (nSPS) is 11.3. The van der Waals surface area contributed by atoms with Gasteiger partial charge in [0.05, 0.1) is 4.92 Å². The van der Waals surface area contributed by atoms with Crippen LogP contribution in [0.5, 0.6) is 0 Å². The number of benzene rings is 1. The third-order valence-corrected chi connectivity index (χ3v) is 5.57. The van der Waals surface area contributed by atoms with Gasteiger partial charge in [-0.1, -0.05) is 23.7 Å². The zero-order valence-electron chi connectivity index (χ0n) is 10.2. The molecule has 0 radical (unpaired) electrons. The van der Waals surface area contributed by atoms with Gasteiger partial charge in [0.25, 0.3) is 15.7 Å². The van der Waals surface area contributed by atoms with Crippen LogP contribution in [-0.2, 0) is 10.0 Å². The summed E-state index contributed by atoms with van der Waals surface area (Å²) in [4.78, 5) is 9.96. The summed E-state index contributed by atoms with van der Waals surface area (Å²) in [6, 6.07) is 7.72. The van der Waals surface area contributed by atoms with E-state index in [1.807, 2.05) is 13.0 Å². The Morgan fingerprint density at radius 2 is 2.05 bits per heavy atom. The molecule has 0 spiro atoms. The highest BCUT2D eigenvalue weighted by Crippen LogP contribution is 2.36. The number of halogens is 1. The average molecular weight is 333 g/mol. The SMILES string of the molecule is Cc1cccc(NS(=O)(=O)c2cc([N+](=O)[O-])c(Cl)s2)c1. The first-order valence-electron chi connectivity index (χ1n) is 5.33. The molecule has 0 aliphatic heterocycles. The van der Waals surface area contributed by atoms with Gasteiger partial charge in [-0.25, -0.2) is 8.42 Å². The van der Waals surface area contributed by atoms with Crippen molar-refractivity contribution >= 4 is 44.3 Å². The molecule has 0 fully saturated rings. The fourth-order valence-corrected chi connectivity index (χ4v) is 4.22. The van der Waals surface area contributed by atoms with Crippen LogP contribution < -0.4 is 4.72 Å². The van der Waals surface area contributed by atoms with Crippen LogP contribution in [0.15, 0.2) is 34.5 Å². The van der Waals surface area contributed by atoms with E-state index in [-0.39, 0.29) is 8.55 Å². The van der Waals surface area contributed by atoms with Crippen LogP contribution in [0, 0.1) is 17.0 Å². The second-order valence-corrected chi connectivity index (χ2v) is 7.52. The Labute approximate surface area is 124 Å². The lowest BCUT2D eigenvalue weighted by atomic mass is 10.2. The van der Waals surface area contributed by atoms with Crippen molar-refractivity contribution in [1.82, 2.24) is 0 Å². The first-order chi connectivity index (χ1) is 9.29. The molecule has 1 aromatic carbocycles. The van der Waals surface area contributed by atoms with Crippen LogP contribution in [0.1, 0.15) is 5.56 Å². The molecule has 106 valence electrons. The van der Waals surface area contributed by atoms with Gasteiger partial charge in [-0.3, -0.25) is 14.8 Å². The van der Waals surface area contributed by atoms with Crippen molar-refractivity contribution < 1.29 is 13.3 Å². The van der Waals surface area contributed by atoms with Crippen LogP contribution in [-0.4, -0.2) is 13.3 Å². The molecule has 0 amide bonds. The van der Waals surface area contributed by atoms with E-state index in [9.17, 15) is 18.5 Å². The predicted molar refractivity (Wildman–Crippen MR) is 78.0 cm³/mol. The predicted octanol–water partition coefficient (Wildman–Crippen LogP) is 3.42. The van der Waals surface area contributed by atoms with Crippen LogP contribution in [0.2, 0.25) is 4.34 Å². The lowest BCUT2D eigenvalue weighted by molar-refractivity contribution is -0.384. The van der Waals surface area contributed by atoms with Gasteiger partial charge >= 0.3 is 0 Å². The molecule has 0 unspecified atom stereocenters. The monoisotopic (exact) mass is 332 g/mol. The third-order valence-electron chi connectivity index (χ3n) is 2.38. The maximum Gasteiger partial charge on any atom is 0.300 e. The molecule has 0 saturated heterocycles. The summed E-state index contributed by atoms with van der Waals surface area (Å²) in [5.74, 6) is 0. The first kappa shape index (κ1) is 14.8. The van der Waals surface area contributed by atoms with Gasteiger partial charge < -0.3 is 0 Å². The molecule has 0 aliphatic rings. The second kappa shape index (κ2) is 5.39. The maximum absolute atomic E-state index is 12.1. The molecule has 1 N–H and O–H groups in total. The Morgan fingerprint density at radius 3 is 2.60 bits per heavy atom. The van der Waals surface area contributed by atoms with E-state index in [1.165, 1.54) is 0 Å². The minimum Gasteiger partial charge on any atom is -0.279 e. The highest BCUT2D eigenvalue weighted by atomic mass is 35.5. The summed E-state index contributed by atoms with van der Waals surface area (Å²) in [5.41, 5.74) is 0.860. The van der Waals surface area contributed by atoms with Gasteiger partial charge in [0.2, 0.25) is 0 Å². The largest absolute Gasteiger partial charge is 0.300 e. The summed E-state index contributed by atoms with van der Waals surface area (Å²) in [5, 5.41) is 10.7. The molecule has 9 heteroatoms. The topological polar surface area (TPSA) is 89.3 Å². The number of aryl methyl sites for hydroxylation is 1. The highest BCUT2D eigenvalue weighted by Gasteiger charge is 2.25. The van der Waals surface area contributed by atoms with Gasteiger partial charge in [-0.2, -0.15) is 0 Å². The van der Waals surface area contributed by atoms with Crippen LogP contribution >= 0.6 is 22.9 Å². The number of rotatable bonds is 4. The number of anilines is 1.